The molecule has 0 aromatic heterocycles. The second-order valence-corrected chi connectivity index (χ2v) is 6.96. The van der Waals surface area contributed by atoms with Crippen molar-refractivity contribution >= 4 is 0 Å². The maximum atomic E-state index is 6.18. The molecule has 0 radical (unpaired) electrons. The minimum atomic E-state index is -0.444. The van der Waals surface area contributed by atoms with Gasteiger partial charge in [0.15, 0.2) is 12.6 Å². The number of rotatable bonds is 6. The molecule has 2 aliphatic rings. The molecule has 0 saturated carbocycles. The van der Waals surface area contributed by atoms with Gasteiger partial charge in [-0.3, -0.25) is 0 Å². The average molecular weight is 386 g/mol. The van der Waals surface area contributed by atoms with Gasteiger partial charge in [-0.1, -0.05) is 42.5 Å². The molecule has 28 heavy (non-hydrogen) atoms. The Morgan fingerprint density at radius 3 is 2.43 bits per heavy atom. The molecule has 2 aliphatic heterocycles. The molecule has 2 heterocycles. The van der Waals surface area contributed by atoms with Crippen molar-refractivity contribution in [3.05, 3.63) is 65.7 Å². The van der Waals surface area contributed by atoms with E-state index in [2.05, 4.69) is 0 Å². The second kappa shape index (κ2) is 9.03. The fraction of sp³-hybridized carbons (Fsp3) is 0.455. The zero-order chi connectivity index (χ0) is 19.3. The van der Waals surface area contributed by atoms with Crippen molar-refractivity contribution in [2.75, 3.05) is 20.8 Å². The van der Waals surface area contributed by atoms with Gasteiger partial charge < -0.3 is 28.4 Å². The van der Waals surface area contributed by atoms with Gasteiger partial charge in [0.1, 0.15) is 18.0 Å². The predicted octanol–water partition coefficient (Wildman–Crippen LogP) is 3.46. The first-order valence-electron chi connectivity index (χ1n) is 9.51. The minimum Gasteiger partial charge on any atom is -0.497 e. The fourth-order valence-electron chi connectivity index (χ4n) is 3.57. The summed E-state index contributed by atoms with van der Waals surface area (Å²) in [6, 6.07) is 17.8. The van der Waals surface area contributed by atoms with Crippen molar-refractivity contribution in [1.82, 2.24) is 0 Å². The zero-order valence-corrected chi connectivity index (χ0v) is 16.2. The highest BCUT2D eigenvalue weighted by Gasteiger charge is 2.43. The fourth-order valence-corrected chi connectivity index (χ4v) is 3.57. The van der Waals surface area contributed by atoms with E-state index in [1.54, 1.807) is 14.2 Å². The van der Waals surface area contributed by atoms with Crippen LogP contribution in [0.2, 0.25) is 0 Å². The summed E-state index contributed by atoms with van der Waals surface area (Å²) in [5.41, 5.74) is 2.07. The van der Waals surface area contributed by atoms with Gasteiger partial charge in [-0.2, -0.15) is 0 Å². The standard InChI is InChI=1S/C22H26O6/c1-23-17-10-8-15(9-11-17)13-25-19-12-18-20(28-22(19)24-2)14-26-21(27-18)16-6-4-3-5-7-16/h3-11,18-22H,12-14H2,1-2H3/t18-,19-,20+,21+,22-/m0/s1. The molecule has 2 fully saturated rings. The molecule has 5 atom stereocenters. The summed E-state index contributed by atoms with van der Waals surface area (Å²) < 4.78 is 34.9. The molecule has 6 nitrogen and oxygen atoms in total. The minimum absolute atomic E-state index is 0.105. The smallest absolute Gasteiger partial charge is 0.184 e. The third kappa shape index (κ3) is 4.37. The molecule has 0 aliphatic carbocycles. The van der Waals surface area contributed by atoms with Crippen LogP contribution in [0.4, 0.5) is 0 Å². The number of benzene rings is 2. The highest BCUT2D eigenvalue weighted by Crippen LogP contribution is 2.35. The lowest BCUT2D eigenvalue weighted by Gasteiger charge is -2.44. The van der Waals surface area contributed by atoms with Crippen molar-refractivity contribution in [2.24, 2.45) is 0 Å². The summed E-state index contributed by atoms with van der Waals surface area (Å²) in [6.07, 6.45) is -0.626. The maximum Gasteiger partial charge on any atom is 0.184 e. The lowest BCUT2D eigenvalue weighted by molar-refractivity contribution is -0.338. The van der Waals surface area contributed by atoms with Gasteiger partial charge in [0.25, 0.3) is 0 Å². The Balaban J connectivity index is 1.38. The molecule has 2 saturated heterocycles. The summed E-state index contributed by atoms with van der Waals surface area (Å²) >= 11 is 0. The van der Waals surface area contributed by atoms with Crippen molar-refractivity contribution in [3.63, 3.8) is 0 Å². The van der Waals surface area contributed by atoms with E-state index < -0.39 is 6.29 Å². The molecule has 2 aromatic carbocycles. The van der Waals surface area contributed by atoms with Crippen molar-refractivity contribution in [1.29, 1.82) is 0 Å². The van der Waals surface area contributed by atoms with Crippen molar-refractivity contribution in [2.45, 2.75) is 43.9 Å². The monoisotopic (exact) mass is 386 g/mol. The van der Waals surface area contributed by atoms with E-state index in [0.29, 0.717) is 19.6 Å². The van der Waals surface area contributed by atoms with Crippen molar-refractivity contribution < 1.29 is 28.4 Å². The average Bonchev–Trinajstić information content (AvgIpc) is 2.77. The Kier molecular flexibility index (Phi) is 6.24. The van der Waals surface area contributed by atoms with E-state index in [-0.39, 0.29) is 24.6 Å². The van der Waals surface area contributed by atoms with Crippen molar-refractivity contribution in [3.8, 4) is 5.75 Å². The number of methoxy groups -OCH3 is 2. The van der Waals surface area contributed by atoms with Gasteiger partial charge in [-0.05, 0) is 17.7 Å². The Hall–Kier alpha value is -1.96. The van der Waals surface area contributed by atoms with Crippen LogP contribution in [0, 0.1) is 0 Å². The zero-order valence-electron chi connectivity index (χ0n) is 16.2. The first-order valence-corrected chi connectivity index (χ1v) is 9.51. The van der Waals surface area contributed by atoms with E-state index in [9.17, 15) is 0 Å². The van der Waals surface area contributed by atoms with E-state index in [4.69, 9.17) is 28.4 Å². The predicted molar refractivity (Wildman–Crippen MR) is 102 cm³/mol. The molecule has 4 rings (SSSR count). The van der Waals surface area contributed by atoms with Gasteiger partial charge in [0.2, 0.25) is 0 Å². The summed E-state index contributed by atoms with van der Waals surface area (Å²) in [5, 5.41) is 0. The lowest BCUT2D eigenvalue weighted by atomic mass is 10.0. The number of ether oxygens (including phenoxy) is 6. The second-order valence-electron chi connectivity index (χ2n) is 6.96. The normalized spacial score (nSPS) is 29.9. The summed E-state index contributed by atoms with van der Waals surface area (Å²) in [6.45, 7) is 0.934. The van der Waals surface area contributed by atoms with Gasteiger partial charge in [-0.25, -0.2) is 0 Å². The Morgan fingerprint density at radius 1 is 0.929 bits per heavy atom. The maximum absolute atomic E-state index is 6.18. The molecular formula is C22H26O6. The van der Waals surface area contributed by atoms with E-state index in [1.165, 1.54) is 0 Å². The van der Waals surface area contributed by atoms with Crippen LogP contribution >= 0.6 is 0 Å². The third-order valence-electron chi connectivity index (χ3n) is 5.13. The number of fused-ring (bicyclic) bond motifs is 1. The molecule has 0 unspecified atom stereocenters. The highest BCUT2D eigenvalue weighted by atomic mass is 16.7. The molecule has 150 valence electrons. The van der Waals surface area contributed by atoms with E-state index >= 15 is 0 Å². The Bertz CT molecular complexity index is 734. The van der Waals surface area contributed by atoms with Crippen LogP contribution in [-0.4, -0.2) is 45.4 Å². The van der Waals surface area contributed by atoms with Crippen LogP contribution in [0.5, 0.6) is 5.75 Å². The Labute approximate surface area is 165 Å². The number of hydrogen-bond donors (Lipinski definition) is 0. The van der Waals surface area contributed by atoms with Gasteiger partial charge >= 0.3 is 0 Å². The first kappa shape index (κ1) is 19.4. The molecule has 0 bridgehead atoms. The third-order valence-corrected chi connectivity index (χ3v) is 5.13. The van der Waals surface area contributed by atoms with Gasteiger partial charge in [-0.15, -0.1) is 0 Å². The van der Waals surface area contributed by atoms with E-state index in [1.807, 2.05) is 54.6 Å². The molecular weight excluding hydrogens is 360 g/mol. The summed E-state index contributed by atoms with van der Waals surface area (Å²) in [7, 11) is 3.28. The lowest BCUT2D eigenvalue weighted by Crippen LogP contribution is -2.54. The van der Waals surface area contributed by atoms with Crippen LogP contribution in [0.3, 0.4) is 0 Å². The SMILES string of the molecule is COc1ccc(CO[C@H]2C[C@@H]3O[C@H](c4ccccc4)OC[C@H]3O[C@@H]2OC)cc1. The van der Waals surface area contributed by atoms with Crippen LogP contribution in [0.15, 0.2) is 54.6 Å². The molecule has 0 spiro atoms. The largest absolute Gasteiger partial charge is 0.497 e. The Morgan fingerprint density at radius 2 is 1.71 bits per heavy atom. The number of hydrogen-bond acceptors (Lipinski definition) is 6. The topological polar surface area (TPSA) is 55.4 Å². The van der Waals surface area contributed by atoms with Crippen LogP contribution in [0.25, 0.3) is 0 Å². The summed E-state index contributed by atoms with van der Waals surface area (Å²) in [4.78, 5) is 0. The molecule has 2 aromatic rings. The van der Waals surface area contributed by atoms with Gasteiger partial charge in [0, 0.05) is 19.1 Å². The van der Waals surface area contributed by atoms with Crippen LogP contribution < -0.4 is 4.74 Å². The molecule has 0 N–H and O–H groups in total. The quantitative estimate of drug-likeness (QED) is 0.758. The van der Waals surface area contributed by atoms with Gasteiger partial charge in [0.05, 0.1) is 26.4 Å². The van der Waals surface area contributed by atoms with Crippen LogP contribution in [0.1, 0.15) is 23.8 Å². The summed E-state index contributed by atoms with van der Waals surface area (Å²) in [5.74, 6) is 0.824. The first-order chi connectivity index (χ1) is 13.8. The molecule has 6 heteroatoms. The van der Waals surface area contributed by atoms with E-state index in [0.717, 1.165) is 16.9 Å². The molecule has 0 amide bonds. The van der Waals surface area contributed by atoms with Crippen LogP contribution in [-0.2, 0) is 30.3 Å². The highest BCUT2D eigenvalue weighted by molar-refractivity contribution is 5.26.